The summed E-state index contributed by atoms with van der Waals surface area (Å²) in [5, 5.41) is 0. The van der Waals surface area contributed by atoms with Crippen molar-refractivity contribution in [3.8, 4) is 11.8 Å². The summed E-state index contributed by atoms with van der Waals surface area (Å²) >= 11 is 0. The molecule has 1 aromatic rings. The molecular formula is C9H9NO. The lowest BCUT2D eigenvalue weighted by Crippen LogP contribution is -1.82. The van der Waals surface area contributed by atoms with Crippen LogP contribution in [0.1, 0.15) is 5.56 Å². The van der Waals surface area contributed by atoms with Gasteiger partial charge in [-0.05, 0) is 12.1 Å². The van der Waals surface area contributed by atoms with Crippen LogP contribution in [0.15, 0.2) is 24.5 Å². The van der Waals surface area contributed by atoms with Crippen molar-refractivity contribution in [2.45, 2.75) is 0 Å². The van der Waals surface area contributed by atoms with Gasteiger partial charge in [-0.25, -0.2) is 0 Å². The molecule has 0 fully saturated rings. The van der Waals surface area contributed by atoms with Crippen LogP contribution in [0.3, 0.4) is 0 Å². The molecule has 0 bridgehead atoms. The van der Waals surface area contributed by atoms with E-state index in [9.17, 15) is 0 Å². The van der Waals surface area contributed by atoms with Crippen molar-refractivity contribution in [2.24, 2.45) is 0 Å². The molecular weight excluding hydrogens is 138 g/mol. The third kappa shape index (κ3) is 2.83. The van der Waals surface area contributed by atoms with Gasteiger partial charge in [0.15, 0.2) is 0 Å². The molecule has 0 saturated carbocycles. The minimum absolute atomic E-state index is 0.467. The second-order valence-corrected chi connectivity index (χ2v) is 1.98. The first-order valence-corrected chi connectivity index (χ1v) is 3.31. The van der Waals surface area contributed by atoms with Gasteiger partial charge in [0.1, 0.15) is 6.61 Å². The molecule has 0 spiro atoms. The zero-order valence-corrected chi connectivity index (χ0v) is 6.37. The van der Waals surface area contributed by atoms with E-state index in [1.165, 1.54) is 0 Å². The maximum absolute atomic E-state index is 4.77. The fraction of sp³-hybridized carbons (Fsp3) is 0.222. The summed E-state index contributed by atoms with van der Waals surface area (Å²) in [4.78, 5) is 3.92. The maximum atomic E-state index is 4.77. The Hall–Kier alpha value is -1.33. The van der Waals surface area contributed by atoms with Crippen molar-refractivity contribution >= 4 is 0 Å². The Bertz CT molecular complexity index is 258. The lowest BCUT2D eigenvalue weighted by atomic mass is 10.3. The molecule has 11 heavy (non-hydrogen) atoms. The molecule has 2 nitrogen and oxygen atoms in total. The van der Waals surface area contributed by atoms with E-state index in [2.05, 4.69) is 16.8 Å². The highest BCUT2D eigenvalue weighted by molar-refractivity contribution is 5.30. The first kappa shape index (κ1) is 7.77. The van der Waals surface area contributed by atoms with Gasteiger partial charge in [0.25, 0.3) is 0 Å². The largest absolute Gasteiger partial charge is 0.372 e. The van der Waals surface area contributed by atoms with Crippen LogP contribution in [0.5, 0.6) is 0 Å². The van der Waals surface area contributed by atoms with E-state index in [4.69, 9.17) is 4.74 Å². The minimum atomic E-state index is 0.467. The highest BCUT2D eigenvalue weighted by atomic mass is 16.5. The Labute approximate surface area is 66.2 Å². The van der Waals surface area contributed by atoms with Gasteiger partial charge in [0.2, 0.25) is 0 Å². The van der Waals surface area contributed by atoms with Crippen molar-refractivity contribution in [1.82, 2.24) is 4.98 Å². The number of methoxy groups -OCH3 is 1. The standard InChI is InChI=1S/C9H9NO/c1-11-7-3-5-9-4-2-6-10-8-9/h2,4,6,8H,7H2,1H3. The van der Waals surface area contributed by atoms with Crippen LogP contribution in [-0.2, 0) is 4.74 Å². The number of hydrogen-bond acceptors (Lipinski definition) is 2. The van der Waals surface area contributed by atoms with Crippen LogP contribution in [-0.4, -0.2) is 18.7 Å². The smallest absolute Gasteiger partial charge is 0.107 e. The normalized spacial score (nSPS) is 8.45. The number of ether oxygens (including phenoxy) is 1. The molecule has 0 atom stereocenters. The van der Waals surface area contributed by atoms with Crippen LogP contribution in [0.4, 0.5) is 0 Å². The summed E-state index contributed by atoms with van der Waals surface area (Å²) in [6, 6.07) is 3.77. The van der Waals surface area contributed by atoms with Crippen molar-refractivity contribution < 1.29 is 4.74 Å². The molecule has 1 aromatic heterocycles. The van der Waals surface area contributed by atoms with E-state index < -0.39 is 0 Å². The zero-order valence-electron chi connectivity index (χ0n) is 6.37. The molecule has 56 valence electrons. The van der Waals surface area contributed by atoms with Gasteiger partial charge < -0.3 is 4.74 Å². The van der Waals surface area contributed by atoms with Crippen LogP contribution >= 0.6 is 0 Å². The van der Waals surface area contributed by atoms with Crippen LogP contribution in [0.25, 0.3) is 0 Å². The Balaban J connectivity index is 2.59. The van der Waals surface area contributed by atoms with Crippen molar-refractivity contribution in [2.75, 3.05) is 13.7 Å². The second-order valence-electron chi connectivity index (χ2n) is 1.98. The molecule has 0 aliphatic carbocycles. The van der Waals surface area contributed by atoms with E-state index >= 15 is 0 Å². The number of aromatic nitrogens is 1. The Morgan fingerprint density at radius 3 is 3.18 bits per heavy atom. The fourth-order valence-corrected chi connectivity index (χ4v) is 0.647. The van der Waals surface area contributed by atoms with Gasteiger partial charge in [-0.3, -0.25) is 4.98 Å². The fourth-order valence-electron chi connectivity index (χ4n) is 0.647. The first-order chi connectivity index (χ1) is 5.43. The molecule has 0 aliphatic heterocycles. The predicted octanol–water partition coefficient (Wildman–Crippen LogP) is 1.08. The van der Waals surface area contributed by atoms with Gasteiger partial charge in [-0.2, -0.15) is 0 Å². The van der Waals surface area contributed by atoms with Crippen molar-refractivity contribution in [1.29, 1.82) is 0 Å². The summed E-state index contributed by atoms with van der Waals surface area (Å²) in [6.07, 6.45) is 3.45. The lowest BCUT2D eigenvalue weighted by Gasteiger charge is -1.85. The Kier molecular flexibility index (Phi) is 3.17. The molecule has 0 aromatic carbocycles. The zero-order chi connectivity index (χ0) is 7.94. The van der Waals surface area contributed by atoms with Gasteiger partial charge in [-0.1, -0.05) is 11.8 Å². The molecule has 0 radical (unpaired) electrons. The Morgan fingerprint density at radius 2 is 2.55 bits per heavy atom. The molecule has 0 N–H and O–H groups in total. The number of pyridine rings is 1. The van der Waals surface area contributed by atoms with E-state index in [1.54, 1.807) is 19.5 Å². The van der Waals surface area contributed by atoms with Crippen LogP contribution < -0.4 is 0 Å². The number of nitrogens with zero attached hydrogens (tertiary/aromatic N) is 1. The van der Waals surface area contributed by atoms with E-state index in [0.717, 1.165) is 5.56 Å². The third-order valence-corrected chi connectivity index (χ3v) is 1.11. The highest BCUT2D eigenvalue weighted by Gasteiger charge is 1.80. The minimum Gasteiger partial charge on any atom is -0.372 e. The molecule has 0 aliphatic rings. The maximum Gasteiger partial charge on any atom is 0.107 e. The summed E-state index contributed by atoms with van der Waals surface area (Å²) in [5.74, 6) is 5.75. The number of rotatable bonds is 1. The number of hydrogen-bond donors (Lipinski definition) is 0. The molecule has 0 saturated heterocycles. The quantitative estimate of drug-likeness (QED) is 0.554. The second kappa shape index (κ2) is 4.48. The molecule has 0 amide bonds. The van der Waals surface area contributed by atoms with Gasteiger partial charge >= 0.3 is 0 Å². The van der Waals surface area contributed by atoms with Crippen LogP contribution in [0.2, 0.25) is 0 Å². The topological polar surface area (TPSA) is 22.1 Å². The average Bonchev–Trinajstić information content (AvgIpc) is 2.07. The Morgan fingerprint density at radius 1 is 1.64 bits per heavy atom. The highest BCUT2D eigenvalue weighted by Crippen LogP contribution is 1.90. The monoisotopic (exact) mass is 147 g/mol. The summed E-state index contributed by atoms with van der Waals surface area (Å²) in [7, 11) is 1.62. The van der Waals surface area contributed by atoms with Gasteiger partial charge in [-0.15, -0.1) is 0 Å². The van der Waals surface area contributed by atoms with E-state index in [1.807, 2.05) is 12.1 Å². The third-order valence-electron chi connectivity index (χ3n) is 1.11. The first-order valence-electron chi connectivity index (χ1n) is 3.31. The molecule has 1 heterocycles. The molecule has 2 heteroatoms. The molecule has 0 unspecified atom stereocenters. The predicted molar refractivity (Wildman–Crippen MR) is 43.0 cm³/mol. The average molecular weight is 147 g/mol. The SMILES string of the molecule is COCC#Cc1cccnc1. The van der Waals surface area contributed by atoms with Gasteiger partial charge in [0.05, 0.1) is 0 Å². The van der Waals surface area contributed by atoms with E-state index in [-0.39, 0.29) is 0 Å². The molecule has 1 rings (SSSR count). The summed E-state index contributed by atoms with van der Waals surface area (Å²) in [6.45, 7) is 0.467. The summed E-state index contributed by atoms with van der Waals surface area (Å²) < 4.78 is 4.77. The van der Waals surface area contributed by atoms with Crippen LogP contribution in [0, 0.1) is 11.8 Å². The van der Waals surface area contributed by atoms with E-state index in [0.29, 0.717) is 6.61 Å². The summed E-state index contributed by atoms with van der Waals surface area (Å²) in [5.41, 5.74) is 0.921. The lowest BCUT2D eigenvalue weighted by molar-refractivity contribution is 0.240. The van der Waals surface area contributed by atoms with Gasteiger partial charge in [0, 0.05) is 25.1 Å². The van der Waals surface area contributed by atoms with Crippen molar-refractivity contribution in [3.63, 3.8) is 0 Å². The van der Waals surface area contributed by atoms with Crippen molar-refractivity contribution in [3.05, 3.63) is 30.1 Å².